The number of carboxylic acid groups (broad SMARTS) is 1. The number of nitrogens with one attached hydrogen (secondary N) is 1. The Hall–Kier alpha value is -5.02. The van der Waals surface area contributed by atoms with Crippen LogP contribution in [0.4, 0.5) is 4.79 Å². The monoisotopic (exact) mass is 762 g/mol. The molecule has 1 aliphatic rings. The molecule has 1 aliphatic heterocycles. The fraction of sp³-hybridized carbons (Fsp3) is 0.351. The Morgan fingerprint density at radius 2 is 1.77 bits per heavy atom. The van der Waals surface area contributed by atoms with Crippen LogP contribution >= 0.6 is 23.2 Å². The lowest BCUT2D eigenvalue weighted by Crippen LogP contribution is -2.47. The molecule has 278 valence electrons. The summed E-state index contributed by atoms with van der Waals surface area (Å²) in [5.74, 6) is 1.27. The van der Waals surface area contributed by atoms with E-state index in [2.05, 4.69) is 20.4 Å². The molecular formula is C37H40Cl2N8O6. The highest BCUT2D eigenvalue weighted by Gasteiger charge is 2.30. The van der Waals surface area contributed by atoms with Gasteiger partial charge in [0.1, 0.15) is 0 Å². The number of carbonyl (C=O) groups excluding carboxylic acids is 1. The van der Waals surface area contributed by atoms with Crippen LogP contribution in [0.15, 0.2) is 54.9 Å². The standard InChI is InChI=1S/C37H40Cl2N8O6/c1-21(48)17-40-18-31-43-35-30(52-3)16-24(20-47(35)44-31)34-33(39)27(10-13-41-34)26-6-5-7-28(32(26)38)29-9-8-23(36(42-29)53-4)19-46(37(50)51)25-11-14-45(15-12-25)22(2)49/h5-10,13,16,20-21,25,40,48H,11-12,14-15,17-19H2,1-4H3,(H,50,51)/t21-/m1/s1. The summed E-state index contributed by atoms with van der Waals surface area (Å²) in [7, 11) is 3.04. The molecule has 16 heteroatoms. The summed E-state index contributed by atoms with van der Waals surface area (Å²) in [6.45, 7) is 5.07. The third-order valence-corrected chi connectivity index (χ3v) is 9.97. The van der Waals surface area contributed by atoms with Crippen LogP contribution in [0.5, 0.6) is 11.6 Å². The number of hydrogen-bond donors (Lipinski definition) is 3. The van der Waals surface area contributed by atoms with Crippen LogP contribution in [-0.4, -0.2) is 103 Å². The molecule has 2 amide bonds. The molecule has 6 rings (SSSR count). The van der Waals surface area contributed by atoms with Gasteiger partial charge in [-0.05, 0) is 44.0 Å². The van der Waals surface area contributed by atoms with Gasteiger partial charge in [0.2, 0.25) is 11.8 Å². The van der Waals surface area contributed by atoms with Gasteiger partial charge in [-0.3, -0.25) is 9.78 Å². The number of halogens is 2. The molecule has 1 atom stereocenters. The largest absolute Gasteiger partial charge is 0.493 e. The van der Waals surface area contributed by atoms with Crippen LogP contribution in [0, 0.1) is 0 Å². The van der Waals surface area contributed by atoms with Crippen molar-refractivity contribution in [2.75, 3.05) is 33.9 Å². The summed E-state index contributed by atoms with van der Waals surface area (Å²) in [6, 6.07) is 12.5. The summed E-state index contributed by atoms with van der Waals surface area (Å²) >= 11 is 14.2. The first-order chi connectivity index (χ1) is 25.5. The molecule has 0 unspecified atom stereocenters. The molecule has 53 heavy (non-hydrogen) atoms. The van der Waals surface area contributed by atoms with Gasteiger partial charge in [-0.2, -0.15) is 0 Å². The molecule has 0 saturated carbocycles. The lowest BCUT2D eigenvalue weighted by atomic mass is 9.99. The first kappa shape index (κ1) is 37.7. The number of aliphatic hydroxyl groups is 1. The van der Waals surface area contributed by atoms with Gasteiger partial charge >= 0.3 is 6.09 Å². The van der Waals surface area contributed by atoms with E-state index in [-0.39, 0.29) is 24.4 Å². The first-order valence-corrected chi connectivity index (χ1v) is 17.8. The van der Waals surface area contributed by atoms with E-state index in [0.29, 0.717) is 105 Å². The molecule has 0 radical (unpaired) electrons. The Balaban J connectivity index is 1.29. The number of aliphatic hydroxyl groups excluding tert-OH is 1. The number of nitrogens with zero attached hydrogens (tertiary/aromatic N) is 7. The summed E-state index contributed by atoms with van der Waals surface area (Å²) < 4.78 is 12.9. The normalized spacial score (nSPS) is 14.0. The maximum atomic E-state index is 12.3. The van der Waals surface area contributed by atoms with Gasteiger partial charge in [0.25, 0.3) is 0 Å². The van der Waals surface area contributed by atoms with E-state index in [1.807, 2.05) is 18.2 Å². The summed E-state index contributed by atoms with van der Waals surface area (Å²) in [5.41, 5.74) is 4.69. The lowest BCUT2D eigenvalue weighted by molar-refractivity contribution is -0.130. The van der Waals surface area contributed by atoms with Crippen molar-refractivity contribution in [2.24, 2.45) is 0 Å². The number of hydrogen-bond acceptors (Lipinski definition) is 10. The molecule has 14 nitrogen and oxygen atoms in total. The molecular weight excluding hydrogens is 723 g/mol. The van der Waals surface area contributed by atoms with E-state index < -0.39 is 12.2 Å². The highest BCUT2D eigenvalue weighted by atomic mass is 35.5. The zero-order valence-electron chi connectivity index (χ0n) is 29.7. The molecule has 1 fully saturated rings. The number of aromatic nitrogens is 5. The van der Waals surface area contributed by atoms with Crippen molar-refractivity contribution in [3.05, 3.63) is 76.3 Å². The van der Waals surface area contributed by atoms with E-state index in [0.717, 1.165) is 0 Å². The van der Waals surface area contributed by atoms with E-state index in [4.69, 9.17) is 37.7 Å². The molecule has 5 heterocycles. The van der Waals surface area contributed by atoms with Crippen LogP contribution < -0.4 is 14.8 Å². The summed E-state index contributed by atoms with van der Waals surface area (Å²) in [6.07, 6.45) is 2.98. The average molecular weight is 764 g/mol. The number of likely N-dealkylation sites (tertiary alicyclic amines) is 1. The van der Waals surface area contributed by atoms with Crippen molar-refractivity contribution in [2.45, 2.75) is 51.9 Å². The number of amides is 2. The predicted molar refractivity (Wildman–Crippen MR) is 200 cm³/mol. The smallest absolute Gasteiger partial charge is 0.407 e. The topological polar surface area (TPSA) is 168 Å². The van der Waals surface area contributed by atoms with Crippen LogP contribution in [0.1, 0.15) is 38.1 Å². The van der Waals surface area contributed by atoms with Gasteiger partial charge in [0.05, 0.1) is 54.8 Å². The quantitative estimate of drug-likeness (QED) is 0.140. The molecule has 0 aliphatic carbocycles. The molecule has 0 spiro atoms. The molecule has 1 saturated heterocycles. The second-order valence-electron chi connectivity index (χ2n) is 12.8. The van der Waals surface area contributed by atoms with E-state index in [1.165, 1.54) is 18.9 Å². The zero-order valence-corrected chi connectivity index (χ0v) is 31.2. The van der Waals surface area contributed by atoms with Gasteiger partial charge in [0.15, 0.2) is 17.2 Å². The summed E-state index contributed by atoms with van der Waals surface area (Å²) in [5, 5.41) is 28.1. The summed E-state index contributed by atoms with van der Waals surface area (Å²) in [4.78, 5) is 41.2. The minimum atomic E-state index is -1.05. The Morgan fingerprint density at radius 3 is 2.45 bits per heavy atom. The fourth-order valence-corrected chi connectivity index (χ4v) is 7.13. The number of piperidine rings is 1. The van der Waals surface area contributed by atoms with Crippen LogP contribution in [0.2, 0.25) is 10.0 Å². The fourth-order valence-electron chi connectivity index (χ4n) is 6.48. The Kier molecular flexibility index (Phi) is 11.6. The minimum Gasteiger partial charge on any atom is -0.493 e. The van der Waals surface area contributed by atoms with Crippen molar-refractivity contribution in [1.82, 2.24) is 39.7 Å². The molecule has 1 aromatic carbocycles. The van der Waals surface area contributed by atoms with Crippen molar-refractivity contribution in [3.63, 3.8) is 0 Å². The van der Waals surface area contributed by atoms with Gasteiger partial charge in [-0.15, -0.1) is 5.10 Å². The molecule has 0 bridgehead atoms. The highest BCUT2D eigenvalue weighted by Crippen LogP contribution is 2.42. The number of benzene rings is 1. The van der Waals surface area contributed by atoms with E-state index in [9.17, 15) is 19.8 Å². The molecule has 5 aromatic rings. The third-order valence-electron chi connectivity index (χ3n) is 9.18. The maximum absolute atomic E-state index is 12.3. The molecule has 3 N–H and O–H groups in total. The van der Waals surface area contributed by atoms with Crippen LogP contribution in [-0.2, 0) is 17.9 Å². The van der Waals surface area contributed by atoms with E-state index in [1.54, 1.807) is 60.1 Å². The second kappa shape index (κ2) is 16.3. The number of pyridine rings is 3. The third kappa shape index (κ3) is 8.15. The van der Waals surface area contributed by atoms with Crippen molar-refractivity contribution < 1.29 is 29.3 Å². The maximum Gasteiger partial charge on any atom is 0.407 e. The van der Waals surface area contributed by atoms with Gasteiger partial charge < -0.3 is 34.8 Å². The van der Waals surface area contributed by atoms with Gasteiger partial charge in [0, 0.05) is 72.8 Å². The Morgan fingerprint density at radius 1 is 1.04 bits per heavy atom. The lowest BCUT2D eigenvalue weighted by Gasteiger charge is -2.37. The first-order valence-electron chi connectivity index (χ1n) is 17.0. The highest BCUT2D eigenvalue weighted by molar-refractivity contribution is 6.39. The van der Waals surface area contributed by atoms with Crippen molar-refractivity contribution >= 4 is 40.8 Å². The number of ether oxygens (including phenoxy) is 2. The average Bonchev–Trinajstić information content (AvgIpc) is 3.56. The zero-order chi connectivity index (χ0) is 37.8. The Bertz CT molecular complexity index is 2140. The number of carbonyl (C=O) groups is 2. The van der Waals surface area contributed by atoms with Crippen LogP contribution in [0.3, 0.4) is 0 Å². The van der Waals surface area contributed by atoms with Crippen LogP contribution in [0.25, 0.3) is 39.3 Å². The van der Waals surface area contributed by atoms with Gasteiger partial charge in [-0.1, -0.05) is 41.4 Å². The van der Waals surface area contributed by atoms with E-state index >= 15 is 0 Å². The van der Waals surface area contributed by atoms with Gasteiger partial charge in [-0.25, -0.2) is 19.3 Å². The van der Waals surface area contributed by atoms with Crippen molar-refractivity contribution in [3.8, 4) is 45.3 Å². The Labute approximate surface area is 316 Å². The second-order valence-corrected chi connectivity index (χ2v) is 13.5. The number of fused-ring (bicyclic) bond motifs is 1. The number of methoxy groups -OCH3 is 2. The molecule has 4 aromatic heterocycles. The SMILES string of the molecule is COc1nc(-c2cccc(-c3ccnc(-c4cc(OC)c5nc(CNC[C@@H](C)O)nn5c4)c3Cl)c2Cl)ccc1CN(C(=O)O)C1CCN(C(C)=O)CC1. The minimum absolute atomic E-state index is 0.0136. The van der Waals surface area contributed by atoms with Crippen molar-refractivity contribution in [1.29, 1.82) is 0 Å². The number of rotatable bonds is 12. The predicted octanol–water partition coefficient (Wildman–Crippen LogP) is 5.81.